The number of benzene rings is 3. The van der Waals surface area contributed by atoms with E-state index in [-0.39, 0.29) is 10.8 Å². The summed E-state index contributed by atoms with van der Waals surface area (Å²) in [7, 11) is -3.24. The second-order valence-corrected chi connectivity index (χ2v) is 7.70. The number of sulfone groups is 1. The Kier molecular flexibility index (Phi) is 4.67. The minimum Gasteiger partial charge on any atom is -0.323 e. The lowest BCUT2D eigenvalue weighted by atomic mass is 10.0. The van der Waals surface area contributed by atoms with Crippen molar-refractivity contribution in [2.45, 2.75) is 4.90 Å². The lowest BCUT2D eigenvalue weighted by molar-refractivity contribution is -0.111. The molecule has 0 radical (unpaired) electrons. The van der Waals surface area contributed by atoms with Gasteiger partial charge < -0.3 is 5.32 Å². The number of anilines is 1. The predicted molar refractivity (Wildman–Crippen MR) is 101 cm³/mol. The van der Waals surface area contributed by atoms with Crippen molar-refractivity contribution in [2.75, 3.05) is 11.6 Å². The molecule has 0 saturated heterocycles. The van der Waals surface area contributed by atoms with Gasteiger partial charge in [0.2, 0.25) is 5.91 Å². The highest BCUT2D eigenvalue weighted by Crippen LogP contribution is 2.20. The van der Waals surface area contributed by atoms with Crippen molar-refractivity contribution < 1.29 is 13.2 Å². The summed E-state index contributed by atoms with van der Waals surface area (Å²) < 4.78 is 22.9. The molecule has 5 heteroatoms. The summed E-state index contributed by atoms with van der Waals surface area (Å²) >= 11 is 0. The number of rotatable bonds is 4. The molecular formula is C20H17NO3S. The van der Waals surface area contributed by atoms with Gasteiger partial charge in [0, 0.05) is 18.0 Å². The number of amides is 1. The first kappa shape index (κ1) is 16.9. The van der Waals surface area contributed by atoms with Crippen molar-refractivity contribution in [3.05, 3.63) is 78.4 Å². The molecule has 0 unspecified atom stereocenters. The van der Waals surface area contributed by atoms with E-state index in [4.69, 9.17) is 0 Å². The van der Waals surface area contributed by atoms with E-state index in [1.54, 1.807) is 18.2 Å². The van der Waals surface area contributed by atoms with Crippen molar-refractivity contribution in [3.63, 3.8) is 0 Å². The number of carbonyl (C=O) groups is 1. The molecule has 0 bridgehead atoms. The fraction of sp³-hybridized carbons (Fsp3) is 0.0500. The first-order chi connectivity index (χ1) is 11.9. The molecule has 25 heavy (non-hydrogen) atoms. The largest absolute Gasteiger partial charge is 0.323 e. The van der Waals surface area contributed by atoms with Crippen molar-refractivity contribution in [3.8, 4) is 0 Å². The molecular weight excluding hydrogens is 334 g/mol. The van der Waals surface area contributed by atoms with Crippen LogP contribution in [0, 0.1) is 0 Å². The second kappa shape index (κ2) is 6.91. The van der Waals surface area contributed by atoms with Gasteiger partial charge in [0.1, 0.15) is 0 Å². The average molecular weight is 351 g/mol. The second-order valence-electron chi connectivity index (χ2n) is 5.69. The maximum absolute atomic E-state index is 12.1. The van der Waals surface area contributed by atoms with Crippen LogP contribution < -0.4 is 5.32 Å². The molecule has 0 aromatic heterocycles. The van der Waals surface area contributed by atoms with Gasteiger partial charge in [-0.05, 0) is 46.7 Å². The third-order valence-corrected chi connectivity index (χ3v) is 4.92. The van der Waals surface area contributed by atoms with E-state index in [2.05, 4.69) is 5.32 Å². The maximum atomic E-state index is 12.1. The molecule has 0 aliphatic heterocycles. The molecule has 4 nitrogen and oxygen atoms in total. The smallest absolute Gasteiger partial charge is 0.248 e. The highest BCUT2D eigenvalue weighted by molar-refractivity contribution is 7.90. The van der Waals surface area contributed by atoms with Crippen LogP contribution in [0.1, 0.15) is 5.56 Å². The number of hydrogen-bond donors (Lipinski definition) is 1. The SMILES string of the molecule is CS(=O)(=O)c1ccc(NC(=O)/C=C/c2cccc3ccccc23)cc1. The predicted octanol–water partition coefficient (Wildman–Crippen LogP) is 3.90. The Labute approximate surface area is 146 Å². The van der Waals surface area contributed by atoms with Crippen LogP contribution in [0.25, 0.3) is 16.8 Å². The number of carbonyl (C=O) groups excluding carboxylic acids is 1. The first-order valence-electron chi connectivity index (χ1n) is 7.70. The molecule has 1 N–H and O–H groups in total. The zero-order chi connectivity index (χ0) is 17.9. The summed E-state index contributed by atoms with van der Waals surface area (Å²) in [6.07, 6.45) is 4.38. The molecule has 0 atom stereocenters. The van der Waals surface area contributed by atoms with Crippen LogP contribution in [-0.4, -0.2) is 20.6 Å². The lowest BCUT2D eigenvalue weighted by Gasteiger charge is -2.04. The van der Waals surface area contributed by atoms with Gasteiger partial charge in [-0.1, -0.05) is 42.5 Å². The van der Waals surface area contributed by atoms with Crippen LogP contribution >= 0.6 is 0 Å². The number of nitrogens with one attached hydrogen (secondary N) is 1. The van der Waals surface area contributed by atoms with Crippen molar-refractivity contribution in [2.24, 2.45) is 0 Å². The molecule has 3 aromatic rings. The summed E-state index contributed by atoms with van der Waals surface area (Å²) in [5, 5.41) is 4.91. The van der Waals surface area contributed by atoms with E-state index >= 15 is 0 Å². The normalized spacial score (nSPS) is 11.7. The minimum atomic E-state index is -3.24. The molecule has 126 valence electrons. The Bertz CT molecular complexity index is 1050. The summed E-state index contributed by atoms with van der Waals surface area (Å²) in [6.45, 7) is 0. The molecule has 0 heterocycles. The summed E-state index contributed by atoms with van der Waals surface area (Å²) in [5.41, 5.74) is 1.50. The number of fused-ring (bicyclic) bond motifs is 1. The Morgan fingerprint density at radius 2 is 1.60 bits per heavy atom. The monoisotopic (exact) mass is 351 g/mol. The summed E-state index contributed by atoms with van der Waals surface area (Å²) in [4.78, 5) is 12.3. The van der Waals surface area contributed by atoms with Crippen molar-refractivity contribution >= 4 is 38.3 Å². The average Bonchev–Trinajstić information content (AvgIpc) is 2.59. The van der Waals surface area contributed by atoms with Crippen molar-refractivity contribution in [1.29, 1.82) is 0 Å². The topological polar surface area (TPSA) is 63.2 Å². The summed E-state index contributed by atoms with van der Waals surface area (Å²) in [5.74, 6) is -0.278. The minimum absolute atomic E-state index is 0.219. The summed E-state index contributed by atoms with van der Waals surface area (Å²) in [6, 6.07) is 20.0. The zero-order valence-corrected chi connectivity index (χ0v) is 14.5. The molecule has 1 amide bonds. The molecule has 0 aliphatic carbocycles. The van der Waals surface area contributed by atoms with Gasteiger partial charge in [0.15, 0.2) is 9.84 Å². The van der Waals surface area contributed by atoms with Crippen LogP contribution in [0.4, 0.5) is 5.69 Å². The Hall–Kier alpha value is -2.92. The van der Waals surface area contributed by atoms with Crippen molar-refractivity contribution in [1.82, 2.24) is 0 Å². The van der Waals surface area contributed by atoms with Crippen LogP contribution in [0.15, 0.2) is 77.7 Å². The van der Waals surface area contributed by atoms with E-state index < -0.39 is 9.84 Å². The van der Waals surface area contributed by atoms with Gasteiger partial charge in [0.25, 0.3) is 0 Å². The van der Waals surface area contributed by atoms with Crippen LogP contribution in [0.3, 0.4) is 0 Å². The zero-order valence-electron chi connectivity index (χ0n) is 13.6. The van der Waals surface area contributed by atoms with Gasteiger partial charge in [-0.2, -0.15) is 0 Å². The standard InChI is InChI=1S/C20H17NO3S/c1-25(23,24)18-12-10-17(11-13-18)21-20(22)14-9-16-7-4-6-15-5-2-3-8-19(15)16/h2-14H,1H3,(H,21,22)/b14-9+. The van der Waals surface area contributed by atoms with E-state index in [1.807, 2.05) is 42.5 Å². The van der Waals surface area contributed by atoms with Gasteiger partial charge in [-0.25, -0.2) is 8.42 Å². The molecule has 0 aliphatic rings. The first-order valence-corrected chi connectivity index (χ1v) is 9.59. The van der Waals surface area contributed by atoms with Gasteiger partial charge in [-0.3, -0.25) is 4.79 Å². The fourth-order valence-corrected chi connectivity index (χ4v) is 3.16. The van der Waals surface area contributed by atoms with Crippen LogP contribution in [0.2, 0.25) is 0 Å². The number of hydrogen-bond acceptors (Lipinski definition) is 3. The molecule has 0 saturated carbocycles. The van der Waals surface area contributed by atoms with Gasteiger partial charge >= 0.3 is 0 Å². The van der Waals surface area contributed by atoms with Crippen LogP contribution in [-0.2, 0) is 14.6 Å². The molecule has 0 spiro atoms. The Morgan fingerprint density at radius 3 is 2.32 bits per heavy atom. The highest BCUT2D eigenvalue weighted by Gasteiger charge is 2.06. The van der Waals surface area contributed by atoms with E-state index in [1.165, 1.54) is 18.2 Å². The van der Waals surface area contributed by atoms with E-state index in [0.717, 1.165) is 22.6 Å². The quantitative estimate of drug-likeness (QED) is 0.725. The Balaban J connectivity index is 1.75. The maximum Gasteiger partial charge on any atom is 0.248 e. The molecule has 3 rings (SSSR count). The highest BCUT2D eigenvalue weighted by atomic mass is 32.2. The third-order valence-electron chi connectivity index (χ3n) is 3.79. The Morgan fingerprint density at radius 1 is 0.920 bits per heavy atom. The van der Waals surface area contributed by atoms with E-state index in [0.29, 0.717) is 5.69 Å². The van der Waals surface area contributed by atoms with Gasteiger partial charge in [-0.15, -0.1) is 0 Å². The fourth-order valence-electron chi connectivity index (χ4n) is 2.53. The van der Waals surface area contributed by atoms with Gasteiger partial charge in [0.05, 0.1) is 4.90 Å². The molecule has 0 fully saturated rings. The van der Waals surface area contributed by atoms with E-state index in [9.17, 15) is 13.2 Å². The lowest BCUT2D eigenvalue weighted by Crippen LogP contribution is -2.08. The van der Waals surface area contributed by atoms with Crippen LogP contribution in [0.5, 0.6) is 0 Å². The third kappa shape index (κ3) is 4.14. The molecule has 3 aromatic carbocycles.